The molecule has 0 fully saturated rings. The number of carbonyl (C=O) groups is 6. The SMILES string of the molecule is CC[C@H](NC(=O)CC[C@H](CC(=O)COCCOCCNC(=O)CCCS(=O)(=O)NC(=O)CCCCCCCCCCCCCCCc1nn[nH]n1)C(=O)O)C(=O)O. The number of aliphatic carboxylic acids is 2. The highest BCUT2D eigenvalue weighted by molar-refractivity contribution is 7.90. The molecule has 6 N–H and O–H groups in total. The van der Waals surface area contributed by atoms with Crippen molar-refractivity contribution in [2.75, 3.05) is 38.7 Å². The summed E-state index contributed by atoms with van der Waals surface area (Å²) in [5.41, 5.74) is 0. The van der Waals surface area contributed by atoms with Crippen LogP contribution in [0.15, 0.2) is 0 Å². The fraction of sp³-hybridized carbons (Fsp3) is 0.811. The standard InChI is InChI=1S/C37H65N7O12S/c1-2-31(37(51)52)39-34(47)21-20-29(36(49)50)27-30(45)28-56-25-24-55-23-22-38-33(46)19-16-26-57(53,54)42-35(48)18-15-13-11-9-7-5-3-4-6-8-10-12-14-17-32-40-43-44-41-32/h29,31H,2-28H2,1H3,(H,38,46)(H,39,47)(H,42,48)(H,49,50)(H,51,52)(H,40,41,43,44)/t29-,31+/m1/s1. The van der Waals surface area contributed by atoms with Crippen LogP contribution in [-0.4, -0.2) is 119 Å². The second kappa shape index (κ2) is 32.0. The molecule has 1 aromatic heterocycles. The highest BCUT2D eigenvalue weighted by Crippen LogP contribution is 2.15. The van der Waals surface area contributed by atoms with Gasteiger partial charge in [0.15, 0.2) is 11.6 Å². The number of ether oxygens (including phenoxy) is 2. The number of amides is 3. The molecule has 0 unspecified atom stereocenters. The van der Waals surface area contributed by atoms with E-state index in [4.69, 9.17) is 14.6 Å². The Morgan fingerprint density at radius 1 is 0.719 bits per heavy atom. The van der Waals surface area contributed by atoms with E-state index in [1.807, 2.05) is 0 Å². The van der Waals surface area contributed by atoms with Gasteiger partial charge in [-0.15, -0.1) is 10.2 Å². The zero-order chi connectivity index (χ0) is 42.2. The monoisotopic (exact) mass is 831 g/mol. The zero-order valence-corrected chi connectivity index (χ0v) is 34.3. The van der Waals surface area contributed by atoms with Crippen molar-refractivity contribution in [2.45, 2.75) is 148 Å². The molecular weight excluding hydrogens is 767 g/mol. The second-order valence-corrected chi connectivity index (χ2v) is 15.9. The van der Waals surface area contributed by atoms with Crippen molar-refractivity contribution < 1.29 is 56.9 Å². The second-order valence-electron chi connectivity index (χ2n) is 14.1. The molecule has 20 heteroatoms. The summed E-state index contributed by atoms with van der Waals surface area (Å²) in [5.74, 6) is -5.15. The number of unbranched alkanes of at least 4 members (excludes halogenated alkanes) is 12. The van der Waals surface area contributed by atoms with E-state index >= 15 is 0 Å². The van der Waals surface area contributed by atoms with E-state index in [1.165, 1.54) is 44.9 Å². The number of carbonyl (C=O) groups excluding carboxylic acids is 4. The van der Waals surface area contributed by atoms with E-state index < -0.39 is 51.5 Å². The number of rotatable bonds is 38. The molecule has 0 saturated carbocycles. The lowest BCUT2D eigenvalue weighted by atomic mass is 9.97. The summed E-state index contributed by atoms with van der Waals surface area (Å²) in [6.07, 6.45) is 14.9. The van der Waals surface area contributed by atoms with E-state index in [0.29, 0.717) is 6.42 Å². The lowest BCUT2D eigenvalue weighted by Crippen LogP contribution is -2.40. The minimum absolute atomic E-state index is 0.0326. The maximum absolute atomic E-state index is 12.3. The van der Waals surface area contributed by atoms with Gasteiger partial charge in [-0.25, -0.2) is 13.2 Å². The van der Waals surface area contributed by atoms with Crippen molar-refractivity contribution in [2.24, 2.45) is 5.92 Å². The van der Waals surface area contributed by atoms with Crippen molar-refractivity contribution in [3.8, 4) is 0 Å². The number of nitrogens with one attached hydrogen (secondary N) is 4. The van der Waals surface area contributed by atoms with Gasteiger partial charge in [-0.2, -0.15) is 5.21 Å². The van der Waals surface area contributed by atoms with Crippen molar-refractivity contribution in [1.29, 1.82) is 0 Å². The predicted octanol–water partition coefficient (Wildman–Crippen LogP) is 3.00. The molecule has 2 atom stereocenters. The van der Waals surface area contributed by atoms with Gasteiger partial charge in [0.05, 0.1) is 31.5 Å². The van der Waals surface area contributed by atoms with Crippen molar-refractivity contribution >= 4 is 45.5 Å². The average Bonchev–Trinajstić information content (AvgIpc) is 3.68. The van der Waals surface area contributed by atoms with Crippen LogP contribution < -0.4 is 15.4 Å². The highest BCUT2D eigenvalue weighted by atomic mass is 32.2. The Bertz CT molecular complexity index is 1410. The Labute approximate surface area is 336 Å². The molecule has 0 aliphatic heterocycles. The number of ketones is 1. The number of sulfonamides is 1. The van der Waals surface area contributed by atoms with Crippen LogP contribution in [0, 0.1) is 5.92 Å². The first-order valence-corrected chi connectivity index (χ1v) is 21.9. The molecule has 0 aliphatic rings. The van der Waals surface area contributed by atoms with Crippen LogP contribution in [0.3, 0.4) is 0 Å². The van der Waals surface area contributed by atoms with Crippen LogP contribution in [0.4, 0.5) is 0 Å². The molecule has 0 radical (unpaired) electrons. The Balaban J connectivity index is 1.97. The molecule has 1 rings (SSSR count). The molecule has 0 spiro atoms. The van der Waals surface area contributed by atoms with Gasteiger partial charge in [-0.05, 0) is 32.1 Å². The normalized spacial score (nSPS) is 12.4. The van der Waals surface area contributed by atoms with Crippen LogP contribution in [0.1, 0.15) is 141 Å². The summed E-state index contributed by atoms with van der Waals surface area (Å²) >= 11 is 0. The molecular formula is C37H65N7O12S. The number of carboxylic acids is 2. The van der Waals surface area contributed by atoms with Gasteiger partial charge in [0.1, 0.15) is 12.6 Å². The smallest absolute Gasteiger partial charge is 0.326 e. The van der Waals surface area contributed by atoms with Crippen LogP contribution >= 0.6 is 0 Å². The number of hydrogen-bond acceptors (Lipinski definition) is 13. The Morgan fingerprint density at radius 2 is 1.32 bits per heavy atom. The number of tetrazole rings is 1. The number of H-pyrrole nitrogens is 1. The van der Waals surface area contributed by atoms with Gasteiger partial charge in [0.2, 0.25) is 27.7 Å². The minimum atomic E-state index is -3.84. The Hall–Kier alpha value is -4.04. The maximum atomic E-state index is 12.3. The van der Waals surface area contributed by atoms with Gasteiger partial charge < -0.3 is 30.3 Å². The summed E-state index contributed by atoms with van der Waals surface area (Å²) in [7, 11) is -3.84. The third-order valence-corrected chi connectivity index (χ3v) is 10.4. The summed E-state index contributed by atoms with van der Waals surface area (Å²) < 4.78 is 37.1. The van der Waals surface area contributed by atoms with Crippen LogP contribution in [0.5, 0.6) is 0 Å². The van der Waals surface area contributed by atoms with Crippen molar-refractivity contribution in [3.05, 3.63) is 5.82 Å². The molecule has 57 heavy (non-hydrogen) atoms. The molecule has 1 heterocycles. The summed E-state index contributed by atoms with van der Waals surface area (Å²) in [4.78, 5) is 70.8. The summed E-state index contributed by atoms with van der Waals surface area (Å²) in [6, 6.07) is -1.07. The van der Waals surface area contributed by atoms with E-state index in [2.05, 4.69) is 36.0 Å². The largest absolute Gasteiger partial charge is 0.481 e. The number of aryl methyl sites for hydroxylation is 1. The number of hydrogen-bond donors (Lipinski definition) is 6. The third kappa shape index (κ3) is 28.9. The van der Waals surface area contributed by atoms with Gasteiger partial charge in [-0.3, -0.25) is 28.7 Å². The summed E-state index contributed by atoms with van der Waals surface area (Å²) in [6.45, 7) is 1.65. The molecule has 1 aromatic rings. The number of carboxylic acid groups (broad SMARTS) is 2. The molecule has 326 valence electrons. The van der Waals surface area contributed by atoms with Crippen LogP contribution in [-0.2, 0) is 54.7 Å². The third-order valence-electron chi connectivity index (χ3n) is 9.07. The maximum Gasteiger partial charge on any atom is 0.326 e. The molecule has 0 aliphatic carbocycles. The van der Waals surface area contributed by atoms with E-state index in [0.717, 1.165) is 44.3 Å². The van der Waals surface area contributed by atoms with Crippen molar-refractivity contribution in [3.63, 3.8) is 0 Å². The zero-order valence-electron chi connectivity index (χ0n) is 33.5. The predicted molar refractivity (Wildman–Crippen MR) is 208 cm³/mol. The van der Waals surface area contributed by atoms with Gasteiger partial charge in [-0.1, -0.05) is 82.8 Å². The van der Waals surface area contributed by atoms with E-state index in [1.54, 1.807) is 6.92 Å². The lowest BCUT2D eigenvalue weighted by molar-refractivity contribution is -0.145. The van der Waals surface area contributed by atoms with Crippen LogP contribution in [0.25, 0.3) is 0 Å². The summed E-state index contributed by atoms with van der Waals surface area (Å²) in [5, 5.41) is 37.2. The van der Waals surface area contributed by atoms with Crippen LogP contribution in [0.2, 0.25) is 0 Å². The quantitative estimate of drug-likeness (QED) is 0.0523. The van der Waals surface area contributed by atoms with Gasteiger partial charge >= 0.3 is 11.9 Å². The number of nitrogens with zero attached hydrogens (tertiary/aromatic N) is 3. The number of aromatic nitrogens is 4. The molecule has 0 saturated heterocycles. The van der Waals surface area contributed by atoms with Gasteiger partial charge in [0.25, 0.3) is 0 Å². The average molecular weight is 832 g/mol. The molecule has 3 amide bonds. The molecule has 0 bridgehead atoms. The lowest BCUT2D eigenvalue weighted by Gasteiger charge is -2.14. The minimum Gasteiger partial charge on any atom is -0.481 e. The first-order valence-electron chi connectivity index (χ1n) is 20.3. The van der Waals surface area contributed by atoms with E-state index in [-0.39, 0.29) is 89.6 Å². The fourth-order valence-electron chi connectivity index (χ4n) is 5.81. The fourth-order valence-corrected chi connectivity index (χ4v) is 6.89. The number of aromatic amines is 1. The Morgan fingerprint density at radius 3 is 1.89 bits per heavy atom. The van der Waals surface area contributed by atoms with E-state index in [9.17, 15) is 42.3 Å². The van der Waals surface area contributed by atoms with Crippen molar-refractivity contribution in [1.82, 2.24) is 36.0 Å². The molecule has 0 aromatic carbocycles. The Kier molecular flexibility index (Phi) is 28.6. The number of Topliss-reactive ketones (excluding diaryl/α,β-unsaturated/α-hetero) is 1. The van der Waals surface area contributed by atoms with Gasteiger partial charge in [0, 0.05) is 38.6 Å². The first-order chi connectivity index (χ1) is 27.3. The highest BCUT2D eigenvalue weighted by Gasteiger charge is 2.24. The molecule has 19 nitrogen and oxygen atoms in total. The first kappa shape index (κ1) is 51.0. The topological polar surface area (TPSA) is 286 Å².